The van der Waals surface area contributed by atoms with Crippen molar-refractivity contribution in [1.29, 1.82) is 0 Å². The summed E-state index contributed by atoms with van der Waals surface area (Å²) in [7, 11) is 1.20. The van der Waals surface area contributed by atoms with Crippen LogP contribution in [0.2, 0.25) is 5.02 Å². The van der Waals surface area contributed by atoms with Crippen LogP contribution >= 0.6 is 11.6 Å². The molecular formula is C9H7ClO5. The molecule has 1 aromatic rings. The number of ether oxygens (including phenoxy) is 1. The van der Waals surface area contributed by atoms with Gasteiger partial charge in [-0.25, -0.2) is 4.79 Å². The van der Waals surface area contributed by atoms with E-state index in [0.29, 0.717) is 0 Å². The van der Waals surface area contributed by atoms with Gasteiger partial charge in [0, 0.05) is 0 Å². The molecule has 0 atom stereocenters. The fourth-order valence-corrected chi connectivity index (χ4v) is 1.31. The first-order chi connectivity index (χ1) is 6.99. The number of carboxylic acid groups (broad SMARTS) is 1. The van der Waals surface area contributed by atoms with E-state index >= 15 is 0 Å². The summed E-state index contributed by atoms with van der Waals surface area (Å²) >= 11 is 5.64. The van der Waals surface area contributed by atoms with Crippen molar-refractivity contribution in [2.75, 3.05) is 7.11 Å². The molecule has 2 N–H and O–H groups in total. The molecule has 0 aliphatic rings. The van der Waals surface area contributed by atoms with Crippen LogP contribution in [0.15, 0.2) is 12.1 Å². The normalized spacial score (nSPS) is 9.73. The number of carbonyl (C=O) groups excluding carboxylic acids is 1. The third kappa shape index (κ3) is 2.02. The second kappa shape index (κ2) is 4.18. The highest BCUT2D eigenvalue weighted by Crippen LogP contribution is 2.35. The number of hydrogen-bond acceptors (Lipinski definition) is 4. The number of rotatable bonds is 3. The molecule has 0 heterocycles. The third-order valence-electron chi connectivity index (χ3n) is 1.71. The molecule has 0 saturated carbocycles. The predicted octanol–water partition coefficient (Wildman–Crippen LogP) is 1.32. The second-order valence-corrected chi connectivity index (χ2v) is 3.02. The molecule has 6 heteroatoms. The molecule has 5 nitrogen and oxygen atoms in total. The fraction of sp³-hybridized carbons (Fsp3) is 0.111. The van der Waals surface area contributed by atoms with Gasteiger partial charge in [0.2, 0.25) is 0 Å². The molecular weight excluding hydrogens is 224 g/mol. The summed E-state index contributed by atoms with van der Waals surface area (Å²) in [5.74, 6) is -3.48. The number of aromatic hydroxyl groups is 1. The average molecular weight is 231 g/mol. The Morgan fingerprint density at radius 1 is 1.40 bits per heavy atom. The van der Waals surface area contributed by atoms with Crippen LogP contribution in [0.5, 0.6) is 11.5 Å². The largest absolute Gasteiger partial charge is 0.504 e. The second-order valence-electron chi connectivity index (χ2n) is 2.61. The Balaban J connectivity index is 3.44. The maximum Gasteiger partial charge on any atom is 0.377 e. The zero-order chi connectivity index (χ0) is 11.6. The number of aliphatic carboxylic acids is 1. The van der Waals surface area contributed by atoms with Gasteiger partial charge in [-0.3, -0.25) is 4.79 Å². The monoisotopic (exact) mass is 230 g/mol. The Kier molecular flexibility index (Phi) is 3.16. The minimum absolute atomic E-state index is 0.0861. The summed E-state index contributed by atoms with van der Waals surface area (Å²) in [5, 5.41) is 17.8. The van der Waals surface area contributed by atoms with Crippen LogP contribution in [-0.4, -0.2) is 29.1 Å². The number of ketones is 1. The van der Waals surface area contributed by atoms with Crippen molar-refractivity contribution in [3.8, 4) is 11.5 Å². The van der Waals surface area contributed by atoms with Gasteiger partial charge in [0.25, 0.3) is 5.78 Å². The lowest BCUT2D eigenvalue weighted by Crippen LogP contribution is -2.14. The van der Waals surface area contributed by atoms with E-state index in [1.807, 2.05) is 0 Å². The molecule has 0 saturated heterocycles. The van der Waals surface area contributed by atoms with E-state index in [4.69, 9.17) is 21.4 Å². The first kappa shape index (κ1) is 11.3. The van der Waals surface area contributed by atoms with E-state index in [9.17, 15) is 14.7 Å². The third-order valence-corrected chi connectivity index (χ3v) is 2.03. The van der Waals surface area contributed by atoms with E-state index < -0.39 is 11.8 Å². The molecule has 0 aliphatic carbocycles. The standard InChI is InChI=1S/C9H7ClO5/c1-15-8-5(11)3-2-4(10)6(8)7(12)9(13)14/h2-3,11H,1H3,(H,13,14). The van der Waals surface area contributed by atoms with E-state index in [1.165, 1.54) is 19.2 Å². The zero-order valence-corrected chi connectivity index (χ0v) is 8.41. The molecule has 0 unspecified atom stereocenters. The van der Waals surface area contributed by atoms with Crippen LogP contribution in [-0.2, 0) is 4.79 Å². The van der Waals surface area contributed by atoms with E-state index in [2.05, 4.69) is 0 Å². The number of carboxylic acids is 1. The van der Waals surface area contributed by atoms with Crippen molar-refractivity contribution in [3.05, 3.63) is 22.7 Å². The number of benzene rings is 1. The molecule has 15 heavy (non-hydrogen) atoms. The predicted molar refractivity (Wildman–Crippen MR) is 51.6 cm³/mol. The quantitative estimate of drug-likeness (QED) is 0.604. The summed E-state index contributed by atoms with van der Waals surface area (Å²) in [5.41, 5.74) is -0.355. The van der Waals surface area contributed by atoms with Gasteiger partial charge in [0.1, 0.15) is 0 Å². The Hall–Kier alpha value is -1.75. The lowest BCUT2D eigenvalue weighted by Gasteiger charge is -2.08. The number of phenols is 1. The van der Waals surface area contributed by atoms with E-state index in [1.54, 1.807) is 0 Å². The summed E-state index contributed by atoms with van der Waals surface area (Å²) in [6, 6.07) is 2.43. The summed E-state index contributed by atoms with van der Waals surface area (Å²) in [6.45, 7) is 0. The smallest absolute Gasteiger partial charge is 0.377 e. The van der Waals surface area contributed by atoms with Crippen LogP contribution in [0.25, 0.3) is 0 Å². The van der Waals surface area contributed by atoms with Crippen molar-refractivity contribution < 1.29 is 24.5 Å². The highest BCUT2D eigenvalue weighted by molar-refractivity contribution is 6.45. The lowest BCUT2D eigenvalue weighted by molar-refractivity contribution is -0.131. The van der Waals surface area contributed by atoms with E-state index in [0.717, 1.165) is 0 Å². The highest BCUT2D eigenvalue weighted by atomic mass is 35.5. The van der Waals surface area contributed by atoms with Crippen LogP contribution in [0.1, 0.15) is 10.4 Å². The fourth-order valence-electron chi connectivity index (χ4n) is 1.07. The van der Waals surface area contributed by atoms with Gasteiger partial charge < -0.3 is 14.9 Å². The van der Waals surface area contributed by atoms with Crippen molar-refractivity contribution in [1.82, 2.24) is 0 Å². The number of phenolic OH excluding ortho intramolecular Hbond substituents is 1. The molecule has 0 amide bonds. The topological polar surface area (TPSA) is 83.8 Å². The number of methoxy groups -OCH3 is 1. The molecule has 0 bridgehead atoms. The Bertz CT molecular complexity index is 427. The molecule has 80 valence electrons. The molecule has 1 aromatic carbocycles. The highest BCUT2D eigenvalue weighted by Gasteiger charge is 2.24. The molecule has 0 aromatic heterocycles. The Morgan fingerprint density at radius 2 is 2.00 bits per heavy atom. The van der Waals surface area contributed by atoms with Gasteiger partial charge in [-0.2, -0.15) is 0 Å². The SMILES string of the molecule is COc1c(O)ccc(Cl)c1C(=O)C(=O)O. The van der Waals surface area contributed by atoms with Gasteiger partial charge in [0.15, 0.2) is 11.5 Å². The van der Waals surface area contributed by atoms with Crippen molar-refractivity contribution in [2.45, 2.75) is 0 Å². The van der Waals surface area contributed by atoms with Crippen LogP contribution in [0.4, 0.5) is 0 Å². The van der Waals surface area contributed by atoms with Gasteiger partial charge in [0.05, 0.1) is 17.7 Å². The van der Waals surface area contributed by atoms with Crippen LogP contribution < -0.4 is 4.74 Å². The summed E-state index contributed by atoms with van der Waals surface area (Å²) in [4.78, 5) is 21.7. The van der Waals surface area contributed by atoms with Crippen molar-refractivity contribution >= 4 is 23.4 Å². The minimum atomic E-state index is -1.67. The minimum Gasteiger partial charge on any atom is -0.504 e. The van der Waals surface area contributed by atoms with Gasteiger partial charge in [-0.1, -0.05) is 11.6 Å². The number of carbonyl (C=O) groups is 2. The summed E-state index contributed by atoms with van der Waals surface area (Å²) < 4.78 is 4.71. The van der Waals surface area contributed by atoms with Gasteiger partial charge in [-0.05, 0) is 12.1 Å². The van der Waals surface area contributed by atoms with Crippen LogP contribution in [0, 0.1) is 0 Å². The molecule has 0 spiro atoms. The van der Waals surface area contributed by atoms with Crippen molar-refractivity contribution in [3.63, 3.8) is 0 Å². The maximum absolute atomic E-state index is 11.2. The lowest BCUT2D eigenvalue weighted by atomic mass is 10.1. The average Bonchev–Trinajstić information content (AvgIpc) is 2.19. The number of halogens is 1. The Labute approximate surface area is 89.9 Å². The molecule has 0 aliphatic heterocycles. The first-order valence-corrected chi connectivity index (χ1v) is 4.20. The van der Waals surface area contributed by atoms with E-state index in [-0.39, 0.29) is 22.1 Å². The maximum atomic E-state index is 11.2. The first-order valence-electron chi connectivity index (χ1n) is 3.82. The molecule has 0 radical (unpaired) electrons. The van der Waals surface area contributed by atoms with Gasteiger partial charge >= 0.3 is 5.97 Å². The number of Topliss-reactive ketones (excluding diaryl/α,β-unsaturated/α-hetero) is 1. The zero-order valence-electron chi connectivity index (χ0n) is 7.65. The van der Waals surface area contributed by atoms with Crippen LogP contribution in [0.3, 0.4) is 0 Å². The Morgan fingerprint density at radius 3 is 2.47 bits per heavy atom. The van der Waals surface area contributed by atoms with Gasteiger partial charge in [-0.15, -0.1) is 0 Å². The molecule has 0 fully saturated rings. The molecule has 1 rings (SSSR count). The number of hydrogen-bond donors (Lipinski definition) is 2. The summed E-state index contributed by atoms with van der Waals surface area (Å²) in [6.07, 6.45) is 0. The van der Waals surface area contributed by atoms with Crippen molar-refractivity contribution in [2.24, 2.45) is 0 Å².